The maximum atomic E-state index is 13.4. The van der Waals surface area contributed by atoms with Crippen LogP contribution in [-0.4, -0.2) is 28.2 Å². The fourth-order valence-corrected chi connectivity index (χ4v) is 3.32. The number of alkyl halides is 3. The molecule has 6 nitrogen and oxygen atoms in total. The van der Waals surface area contributed by atoms with Crippen molar-refractivity contribution in [2.24, 2.45) is 5.73 Å². The lowest BCUT2D eigenvalue weighted by Gasteiger charge is -2.11. The Hall–Kier alpha value is -2.23. The van der Waals surface area contributed by atoms with Gasteiger partial charge in [-0.3, -0.25) is 4.79 Å². The van der Waals surface area contributed by atoms with E-state index in [9.17, 15) is 27.9 Å². The van der Waals surface area contributed by atoms with Gasteiger partial charge in [-0.15, -0.1) is 0 Å². The number of hydrogen-bond acceptors (Lipinski definition) is 3. The summed E-state index contributed by atoms with van der Waals surface area (Å²) in [4.78, 5) is 24.2. The molecule has 1 aromatic carbocycles. The van der Waals surface area contributed by atoms with Crippen molar-refractivity contribution in [3.05, 3.63) is 27.7 Å². The van der Waals surface area contributed by atoms with E-state index in [2.05, 4.69) is 21.2 Å². The fourth-order valence-electron chi connectivity index (χ4n) is 2.87. The van der Waals surface area contributed by atoms with Gasteiger partial charge in [0.15, 0.2) is 0 Å². The van der Waals surface area contributed by atoms with E-state index in [0.717, 1.165) is 25.3 Å². The first-order valence-electron chi connectivity index (χ1n) is 8.31. The molecule has 0 saturated heterocycles. The lowest BCUT2D eigenvalue weighted by Crippen LogP contribution is -2.25. The van der Waals surface area contributed by atoms with E-state index in [1.807, 2.05) is 6.92 Å². The summed E-state index contributed by atoms with van der Waals surface area (Å²) in [7, 11) is 0. The molecule has 4 N–H and O–H groups in total. The summed E-state index contributed by atoms with van der Waals surface area (Å²) in [5.74, 6) is -1.70. The van der Waals surface area contributed by atoms with Gasteiger partial charge in [0, 0.05) is 16.4 Å². The summed E-state index contributed by atoms with van der Waals surface area (Å²) >= 11 is 2.97. The molecular weight excluding hydrogens is 431 g/mol. The lowest BCUT2D eigenvalue weighted by atomic mass is 10.1. The van der Waals surface area contributed by atoms with Crippen molar-refractivity contribution in [2.45, 2.75) is 38.8 Å². The van der Waals surface area contributed by atoms with Crippen molar-refractivity contribution in [1.82, 2.24) is 9.88 Å². The molecule has 10 heteroatoms. The number of unbranched alkanes of at least 4 members (excludes halogenated alkanes) is 3. The zero-order chi connectivity index (χ0) is 20.4. The van der Waals surface area contributed by atoms with E-state index in [-0.39, 0.29) is 9.86 Å². The number of nitrogens with two attached hydrogens (primary N) is 1. The quantitative estimate of drug-likeness (QED) is 0.571. The smallest absolute Gasteiger partial charge is 0.418 e. The molecule has 0 radical (unpaired) electrons. The number of nitrogens with one attached hydrogen (secondary N) is 1. The Labute approximate surface area is 161 Å². The number of aromatic hydroxyl groups is 1. The summed E-state index contributed by atoms with van der Waals surface area (Å²) in [6, 6.07) is 0.663. The van der Waals surface area contributed by atoms with Gasteiger partial charge in [0.1, 0.15) is 5.56 Å². The SMILES string of the molecule is CCCCCCNC(=O)c1c(O)n(C(N)=O)c2c(C(F)(F)F)cc(Br)cc12. The van der Waals surface area contributed by atoms with Gasteiger partial charge in [-0.1, -0.05) is 42.1 Å². The summed E-state index contributed by atoms with van der Waals surface area (Å²) < 4.78 is 40.7. The van der Waals surface area contributed by atoms with E-state index in [1.165, 1.54) is 6.07 Å². The average Bonchev–Trinajstić information content (AvgIpc) is 2.84. The molecule has 0 bridgehead atoms. The van der Waals surface area contributed by atoms with Crippen LogP contribution < -0.4 is 11.1 Å². The molecule has 0 aliphatic carbocycles. The molecule has 148 valence electrons. The van der Waals surface area contributed by atoms with Gasteiger partial charge in [0.05, 0.1) is 11.1 Å². The van der Waals surface area contributed by atoms with Crippen LogP contribution in [0, 0.1) is 0 Å². The molecule has 1 aromatic heterocycles. The molecule has 27 heavy (non-hydrogen) atoms. The van der Waals surface area contributed by atoms with Crippen molar-refractivity contribution >= 4 is 38.8 Å². The zero-order valence-corrected chi connectivity index (χ0v) is 16.1. The molecule has 2 aromatic rings. The number of carbonyl (C=O) groups excluding carboxylic acids is 2. The highest BCUT2D eigenvalue weighted by molar-refractivity contribution is 9.10. The number of nitrogens with zero attached hydrogens (tertiary/aromatic N) is 1. The molecule has 1 heterocycles. The number of amides is 2. The van der Waals surface area contributed by atoms with E-state index in [0.29, 0.717) is 17.5 Å². The third-order valence-electron chi connectivity index (χ3n) is 4.07. The summed E-state index contributed by atoms with van der Waals surface area (Å²) in [5, 5.41) is 12.6. The van der Waals surface area contributed by atoms with Crippen molar-refractivity contribution in [3.63, 3.8) is 0 Å². The van der Waals surface area contributed by atoms with Crippen molar-refractivity contribution in [2.75, 3.05) is 6.54 Å². The highest BCUT2D eigenvalue weighted by Gasteiger charge is 2.37. The third kappa shape index (κ3) is 4.37. The van der Waals surface area contributed by atoms with E-state index in [4.69, 9.17) is 5.73 Å². The minimum absolute atomic E-state index is 0.0425. The van der Waals surface area contributed by atoms with Gasteiger partial charge >= 0.3 is 12.2 Å². The van der Waals surface area contributed by atoms with Crippen LogP contribution in [0.15, 0.2) is 16.6 Å². The summed E-state index contributed by atoms with van der Waals surface area (Å²) in [6.07, 6.45) is -1.26. The molecule has 0 atom stereocenters. The number of rotatable bonds is 6. The monoisotopic (exact) mass is 449 g/mol. The Kier molecular flexibility index (Phi) is 6.40. The van der Waals surface area contributed by atoms with Crippen LogP contribution in [0.25, 0.3) is 10.9 Å². The van der Waals surface area contributed by atoms with Gasteiger partial charge in [0.2, 0.25) is 5.88 Å². The van der Waals surface area contributed by atoms with Crippen molar-refractivity contribution in [3.8, 4) is 5.88 Å². The second kappa shape index (κ2) is 8.20. The minimum Gasteiger partial charge on any atom is -0.494 e. The Bertz CT molecular complexity index is 878. The predicted octanol–water partition coefficient (Wildman–Crippen LogP) is 4.37. The maximum Gasteiger partial charge on any atom is 0.418 e. The molecule has 0 fully saturated rings. The standard InChI is InChI=1S/C17H19BrF3N3O3/c1-2-3-4-5-6-23-14(25)12-10-7-9(18)8-11(17(19,20)21)13(10)24(15(12)26)16(22)27/h7-8,26H,2-6H2,1H3,(H2,22,27)(H,23,25). The fraction of sp³-hybridized carbons (Fsp3) is 0.412. The summed E-state index contributed by atoms with van der Waals surface area (Å²) in [6.45, 7) is 2.33. The van der Waals surface area contributed by atoms with E-state index >= 15 is 0 Å². The number of carbonyl (C=O) groups is 2. The largest absolute Gasteiger partial charge is 0.494 e. The molecule has 0 aliphatic rings. The van der Waals surface area contributed by atoms with Gasteiger partial charge < -0.3 is 16.2 Å². The molecule has 0 spiro atoms. The number of halogens is 4. The first-order chi connectivity index (χ1) is 12.6. The van der Waals surface area contributed by atoms with Gasteiger partial charge in [-0.25, -0.2) is 9.36 Å². The van der Waals surface area contributed by atoms with E-state index in [1.54, 1.807) is 0 Å². The number of aromatic nitrogens is 1. The number of hydrogen-bond donors (Lipinski definition) is 3. The van der Waals surface area contributed by atoms with Gasteiger partial charge in [-0.2, -0.15) is 13.2 Å². The maximum absolute atomic E-state index is 13.4. The van der Waals surface area contributed by atoms with Crippen LogP contribution in [0.5, 0.6) is 5.88 Å². The number of primary amides is 1. The zero-order valence-electron chi connectivity index (χ0n) is 14.5. The molecule has 2 rings (SSSR count). The Morgan fingerprint density at radius 2 is 1.93 bits per heavy atom. The van der Waals surface area contributed by atoms with Crippen LogP contribution >= 0.6 is 15.9 Å². The van der Waals surface area contributed by atoms with Crippen LogP contribution in [0.4, 0.5) is 18.0 Å². The van der Waals surface area contributed by atoms with Gasteiger partial charge in [-0.05, 0) is 18.6 Å². The van der Waals surface area contributed by atoms with E-state index < -0.39 is 40.6 Å². The molecule has 0 saturated carbocycles. The highest BCUT2D eigenvalue weighted by Crippen LogP contribution is 2.41. The minimum atomic E-state index is -4.83. The third-order valence-corrected chi connectivity index (χ3v) is 4.53. The predicted molar refractivity (Wildman–Crippen MR) is 97.8 cm³/mol. The molecule has 0 unspecified atom stereocenters. The summed E-state index contributed by atoms with van der Waals surface area (Å²) in [5.41, 5.74) is 2.88. The first kappa shape index (κ1) is 21.1. The van der Waals surface area contributed by atoms with Crippen LogP contribution in [0.2, 0.25) is 0 Å². The molecule has 0 aliphatic heterocycles. The highest BCUT2D eigenvalue weighted by atomic mass is 79.9. The molecule has 2 amide bonds. The topological polar surface area (TPSA) is 97.3 Å². The second-order valence-corrected chi connectivity index (χ2v) is 6.95. The van der Waals surface area contributed by atoms with Crippen LogP contribution in [0.3, 0.4) is 0 Å². The number of fused-ring (bicyclic) bond motifs is 1. The van der Waals surface area contributed by atoms with Crippen molar-refractivity contribution in [1.29, 1.82) is 0 Å². The van der Waals surface area contributed by atoms with Crippen molar-refractivity contribution < 1.29 is 27.9 Å². The Balaban J connectivity index is 2.57. The lowest BCUT2D eigenvalue weighted by molar-refractivity contribution is -0.136. The molecular formula is C17H19BrF3N3O3. The van der Waals surface area contributed by atoms with Gasteiger partial charge in [0.25, 0.3) is 5.91 Å². The normalized spacial score (nSPS) is 11.7. The number of benzene rings is 1. The second-order valence-electron chi connectivity index (χ2n) is 6.04. The first-order valence-corrected chi connectivity index (χ1v) is 9.11. The Morgan fingerprint density at radius 1 is 1.26 bits per heavy atom. The van der Waals surface area contributed by atoms with Crippen LogP contribution in [0.1, 0.15) is 48.5 Å². The van der Waals surface area contributed by atoms with Crippen LogP contribution in [-0.2, 0) is 6.18 Å². The average molecular weight is 450 g/mol. The Morgan fingerprint density at radius 3 is 2.48 bits per heavy atom.